The second-order valence-corrected chi connectivity index (χ2v) is 32.7. The molecule has 0 radical (unpaired) electrons. The molecule has 0 aliphatic carbocycles. The molecule has 6 atom stereocenters. The number of rotatable bonds is 0. The molecule has 5 heterocycles. The Hall–Kier alpha value is 2.20. The van der Waals surface area contributed by atoms with Gasteiger partial charge >= 0.3 is 178 Å². The van der Waals surface area contributed by atoms with E-state index in [9.17, 15) is 0 Å². The average molecular weight is 511 g/mol. The van der Waals surface area contributed by atoms with Gasteiger partial charge in [-0.05, 0) is 0 Å². The molecule has 0 aromatic rings. The fraction of sp³-hybridized carbons (Fsp3) is 0.950. The second-order valence-electron chi connectivity index (χ2n) is 12.7. The van der Waals surface area contributed by atoms with E-state index in [1.165, 1.54) is 0 Å². The molecule has 4 saturated heterocycles. The maximum absolute atomic E-state index is 7.07. The normalized spacial score (nSPS) is 50.2. The Labute approximate surface area is 177 Å². The van der Waals surface area contributed by atoms with E-state index in [4.69, 9.17) is 11.8 Å². The SMILES string of the molecule is CC(C)(C)C1=PP2(=S)C3(C(C)(C)C)[Se]P4C(C(C)(C)C)(P13)C42C(C)(C)C. The summed E-state index contributed by atoms with van der Waals surface area (Å²) in [5.41, 5.74) is 0.0149. The average Bonchev–Trinajstić information content (AvgIpc) is 2.56. The van der Waals surface area contributed by atoms with Crippen molar-refractivity contribution in [3.05, 3.63) is 0 Å². The van der Waals surface area contributed by atoms with Crippen molar-refractivity contribution in [3.63, 3.8) is 0 Å². The van der Waals surface area contributed by atoms with Crippen molar-refractivity contribution in [3.8, 4) is 0 Å². The molecule has 0 saturated carbocycles. The van der Waals surface area contributed by atoms with E-state index in [2.05, 4.69) is 83.1 Å². The van der Waals surface area contributed by atoms with E-state index < -0.39 is 5.73 Å². The van der Waals surface area contributed by atoms with Crippen molar-refractivity contribution in [2.45, 2.75) is 96.7 Å². The van der Waals surface area contributed by atoms with Gasteiger partial charge in [0.1, 0.15) is 0 Å². The summed E-state index contributed by atoms with van der Waals surface area (Å²) in [4.78, 5) is 1.14. The molecule has 6 bridgehead atoms. The van der Waals surface area contributed by atoms with Crippen LogP contribution in [0, 0.1) is 21.7 Å². The van der Waals surface area contributed by atoms with Gasteiger partial charge in [0.05, 0.1) is 0 Å². The van der Waals surface area contributed by atoms with Crippen molar-refractivity contribution in [1.29, 1.82) is 0 Å². The molecule has 5 rings (SSSR count). The Morgan fingerprint density at radius 2 is 1.35 bits per heavy atom. The maximum atomic E-state index is 7.07. The van der Waals surface area contributed by atoms with Crippen molar-refractivity contribution in [2.24, 2.45) is 21.7 Å². The zero-order valence-corrected chi connectivity index (χ0v) is 24.7. The topological polar surface area (TPSA) is 0 Å². The molecule has 0 nitrogen and oxygen atoms in total. The summed E-state index contributed by atoms with van der Waals surface area (Å²) in [6, 6.07) is 0. The monoisotopic (exact) mass is 512 g/mol. The minimum absolute atomic E-state index is 0.0946. The Bertz CT molecular complexity index is 791. The Balaban J connectivity index is 2.15. The van der Waals surface area contributed by atoms with Gasteiger partial charge in [-0.25, -0.2) is 0 Å². The van der Waals surface area contributed by atoms with E-state index in [0.717, 1.165) is 14.5 Å². The molecule has 26 heavy (non-hydrogen) atoms. The molecular weight excluding hydrogens is 475 g/mol. The van der Waals surface area contributed by atoms with E-state index in [1.807, 2.05) is 5.03 Å². The first kappa shape index (κ1) is 21.4. The van der Waals surface area contributed by atoms with Crippen LogP contribution in [0.2, 0.25) is 0 Å². The quantitative estimate of drug-likeness (QED) is 0.233. The molecule has 0 N–H and O–H groups in total. The summed E-state index contributed by atoms with van der Waals surface area (Å²) in [7, 11) is 1.60. The van der Waals surface area contributed by atoms with Gasteiger partial charge in [-0.1, -0.05) is 0 Å². The second kappa shape index (κ2) is 4.98. The molecule has 0 spiro atoms. The molecule has 0 amide bonds. The van der Waals surface area contributed by atoms with Crippen molar-refractivity contribution in [1.82, 2.24) is 0 Å². The molecule has 148 valence electrons. The third-order valence-electron chi connectivity index (χ3n) is 6.91. The van der Waals surface area contributed by atoms with E-state index >= 15 is 0 Å². The van der Waals surface area contributed by atoms with Crippen molar-refractivity contribution in [2.75, 3.05) is 0 Å². The Morgan fingerprint density at radius 1 is 0.846 bits per heavy atom. The Kier molecular flexibility index (Phi) is 4.11. The van der Waals surface area contributed by atoms with Crippen LogP contribution < -0.4 is 0 Å². The van der Waals surface area contributed by atoms with E-state index in [1.54, 1.807) is 7.89 Å². The third-order valence-corrected chi connectivity index (χ3v) is 48.8. The molecule has 6 heteroatoms. The van der Waals surface area contributed by atoms with Crippen LogP contribution in [0.15, 0.2) is 0 Å². The van der Waals surface area contributed by atoms with E-state index in [-0.39, 0.29) is 14.5 Å². The van der Waals surface area contributed by atoms with Gasteiger partial charge in [0.25, 0.3) is 0 Å². The van der Waals surface area contributed by atoms with Gasteiger partial charge < -0.3 is 0 Å². The van der Waals surface area contributed by atoms with Crippen LogP contribution in [0.5, 0.6) is 0 Å². The fourth-order valence-electron chi connectivity index (χ4n) is 6.30. The predicted molar refractivity (Wildman–Crippen MR) is 132 cm³/mol. The van der Waals surface area contributed by atoms with Gasteiger partial charge in [-0.2, -0.15) is 0 Å². The molecule has 6 unspecified atom stereocenters. The minimum atomic E-state index is -1.48. The zero-order valence-electron chi connectivity index (χ0n) is 18.6. The van der Waals surface area contributed by atoms with Crippen molar-refractivity contribution < 1.29 is 0 Å². The van der Waals surface area contributed by atoms with Crippen molar-refractivity contribution >= 4 is 59.5 Å². The molecule has 5 aliphatic heterocycles. The summed E-state index contributed by atoms with van der Waals surface area (Å²) < 4.78 is 0.550. The number of hydrogen-bond acceptors (Lipinski definition) is 1. The summed E-state index contributed by atoms with van der Waals surface area (Å²) in [5, 5.41) is 1.94. The predicted octanol–water partition coefficient (Wildman–Crippen LogP) is 8.33. The van der Waals surface area contributed by atoms with Crippen LogP contribution in [0.25, 0.3) is 0 Å². The van der Waals surface area contributed by atoms with Crippen LogP contribution in [0.3, 0.4) is 0 Å². The molecule has 5 aliphatic rings. The molecule has 4 fully saturated rings. The van der Waals surface area contributed by atoms with Gasteiger partial charge in [-0.3, -0.25) is 0 Å². The molecular formula is C20H36P4SSe. The third kappa shape index (κ3) is 1.73. The fourth-order valence-corrected chi connectivity index (χ4v) is 75.8. The standard InChI is InChI=1S/C20H36P4SSe/c1-14(2,3)13-21-24(25)19(16(7,8)9)18(15(4,5)6)22(13)20(24,17(10,11)12)26-23(18)19/h1-12H3. The summed E-state index contributed by atoms with van der Waals surface area (Å²) >= 11 is 7.85. The van der Waals surface area contributed by atoms with Crippen LogP contribution >= 0.6 is 28.2 Å². The Morgan fingerprint density at radius 3 is 1.69 bits per heavy atom. The summed E-state index contributed by atoms with van der Waals surface area (Å²) in [5.74, 6) is 0. The van der Waals surface area contributed by atoms with Crippen LogP contribution in [0.4, 0.5) is 0 Å². The summed E-state index contributed by atoms with van der Waals surface area (Å²) in [6.45, 7) is 30.8. The van der Waals surface area contributed by atoms with Gasteiger partial charge in [0.15, 0.2) is 0 Å². The van der Waals surface area contributed by atoms with Crippen LogP contribution in [0.1, 0.15) is 83.1 Å². The molecule has 0 aromatic heterocycles. The van der Waals surface area contributed by atoms with Gasteiger partial charge in [0, 0.05) is 0 Å². The first-order valence-corrected chi connectivity index (χ1v) is 20.0. The first-order valence-electron chi connectivity index (χ1n) is 9.81. The van der Waals surface area contributed by atoms with Crippen LogP contribution in [-0.2, 0) is 11.8 Å². The van der Waals surface area contributed by atoms with Gasteiger partial charge in [-0.15, -0.1) is 0 Å². The molecule has 0 aromatic carbocycles. The first-order chi connectivity index (χ1) is 11.3. The zero-order chi connectivity index (χ0) is 20.1. The van der Waals surface area contributed by atoms with Gasteiger partial charge in [0.2, 0.25) is 0 Å². The summed E-state index contributed by atoms with van der Waals surface area (Å²) in [6.07, 6.45) is 0. The van der Waals surface area contributed by atoms with Crippen LogP contribution in [-0.4, -0.2) is 33.1 Å². The number of hydrogen-bond donors (Lipinski definition) is 0. The van der Waals surface area contributed by atoms with E-state index in [0.29, 0.717) is 35.2 Å².